The van der Waals surface area contributed by atoms with Crippen LogP contribution in [0.1, 0.15) is 0 Å². The number of rotatable bonds is 3. The Bertz CT molecular complexity index is 898. The van der Waals surface area contributed by atoms with E-state index < -0.39 is 0 Å². The van der Waals surface area contributed by atoms with E-state index in [-0.39, 0.29) is 0 Å². The van der Waals surface area contributed by atoms with Crippen LogP contribution in [0.5, 0.6) is 0 Å². The third kappa shape index (κ3) is 2.20. The molecule has 106 valence electrons. The first-order chi connectivity index (χ1) is 10.9. The predicted octanol–water partition coefficient (Wildman–Crippen LogP) is 4.14. The van der Waals surface area contributed by atoms with Crippen LogP contribution < -0.4 is 5.32 Å². The third-order valence-electron chi connectivity index (χ3n) is 3.56. The summed E-state index contributed by atoms with van der Waals surface area (Å²) in [5.74, 6) is 0.795. The van der Waals surface area contributed by atoms with E-state index in [2.05, 4.69) is 27.4 Å². The highest BCUT2D eigenvalue weighted by molar-refractivity contribution is 5.76. The second-order valence-electron chi connectivity index (χ2n) is 5.00. The number of fused-ring (bicyclic) bond motifs is 1. The van der Waals surface area contributed by atoms with Crippen molar-refractivity contribution in [2.45, 2.75) is 0 Å². The molecule has 0 fully saturated rings. The zero-order chi connectivity index (χ0) is 14.8. The second-order valence-corrected chi connectivity index (χ2v) is 5.00. The van der Waals surface area contributed by atoms with Crippen LogP contribution in [0.2, 0.25) is 0 Å². The molecule has 22 heavy (non-hydrogen) atoms. The summed E-state index contributed by atoms with van der Waals surface area (Å²) in [6.07, 6.45) is 5.51. The monoisotopic (exact) mass is 286 g/mol. The van der Waals surface area contributed by atoms with Gasteiger partial charge in [-0.25, -0.2) is 9.97 Å². The predicted molar refractivity (Wildman–Crippen MR) is 88.1 cm³/mol. The van der Waals surface area contributed by atoms with Crippen LogP contribution in [-0.4, -0.2) is 14.4 Å². The van der Waals surface area contributed by atoms with Gasteiger partial charge in [0.2, 0.25) is 0 Å². The number of benzene rings is 2. The summed E-state index contributed by atoms with van der Waals surface area (Å²) in [6, 6.07) is 20.2. The summed E-state index contributed by atoms with van der Waals surface area (Å²) in [7, 11) is 0. The van der Waals surface area contributed by atoms with E-state index in [1.54, 1.807) is 0 Å². The van der Waals surface area contributed by atoms with E-state index in [4.69, 9.17) is 0 Å². The van der Waals surface area contributed by atoms with Crippen molar-refractivity contribution in [3.05, 3.63) is 79.4 Å². The molecule has 0 atom stereocenters. The molecule has 0 aliphatic carbocycles. The molecule has 4 nitrogen and oxygen atoms in total. The Labute approximate surface area is 128 Å². The van der Waals surface area contributed by atoms with Crippen molar-refractivity contribution in [3.8, 4) is 11.3 Å². The highest BCUT2D eigenvalue weighted by atomic mass is 15.1. The van der Waals surface area contributed by atoms with Gasteiger partial charge in [0.25, 0.3) is 0 Å². The molecule has 0 aliphatic heterocycles. The standard InChI is InChI=1S/C18H14N4/c1-3-7-14(8-4-1)16-12-20-18(17-11-19-13-22(16)17)21-15-9-5-2-6-10-15/h1-13H,(H,20,21). The van der Waals surface area contributed by atoms with E-state index >= 15 is 0 Å². The van der Waals surface area contributed by atoms with Gasteiger partial charge in [0, 0.05) is 11.3 Å². The number of nitrogens with one attached hydrogen (secondary N) is 1. The van der Waals surface area contributed by atoms with Gasteiger partial charge in [-0.05, 0) is 12.1 Å². The van der Waals surface area contributed by atoms with Gasteiger partial charge in [-0.15, -0.1) is 0 Å². The zero-order valence-corrected chi connectivity index (χ0v) is 11.8. The first-order valence-electron chi connectivity index (χ1n) is 7.10. The largest absolute Gasteiger partial charge is 0.338 e. The number of nitrogens with zero attached hydrogens (tertiary/aromatic N) is 3. The molecule has 0 saturated heterocycles. The quantitative estimate of drug-likeness (QED) is 0.615. The van der Waals surface area contributed by atoms with E-state index in [9.17, 15) is 0 Å². The van der Waals surface area contributed by atoms with Crippen molar-refractivity contribution in [3.63, 3.8) is 0 Å². The number of anilines is 2. The molecule has 2 aromatic heterocycles. The smallest absolute Gasteiger partial charge is 0.156 e. The molecule has 0 bridgehead atoms. The minimum atomic E-state index is 0.795. The summed E-state index contributed by atoms with van der Waals surface area (Å²) in [5, 5.41) is 3.34. The first kappa shape index (κ1) is 12.6. The topological polar surface area (TPSA) is 42.2 Å². The molecule has 0 saturated carbocycles. The van der Waals surface area contributed by atoms with Gasteiger partial charge >= 0.3 is 0 Å². The maximum atomic E-state index is 4.58. The van der Waals surface area contributed by atoms with Crippen LogP contribution in [0.3, 0.4) is 0 Å². The highest BCUT2D eigenvalue weighted by Crippen LogP contribution is 2.25. The van der Waals surface area contributed by atoms with Gasteiger partial charge < -0.3 is 5.32 Å². The van der Waals surface area contributed by atoms with Crippen molar-refractivity contribution >= 4 is 17.0 Å². The molecule has 4 aromatic rings. The molecule has 0 unspecified atom stereocenters. The Hall–Kier alpha value is -3.14. The van der Waals surface area contributed by atoms with Crippen molar-refractivity contribution in [1.29, 1.82) is 0 Å². The lowest BCUT2D eigenvalue weighted by Crippen LogP contribution is -1.99. The normalized spacial score (nSPS) is 10.7. The Morgan fingerprint density at radius 1 is 0.818 bits per heavy atom. The van der Waals surface area contributed by atoms with Crippen molar-refractivity contribution in [1.82, 2.24) is 14.4 Å². The fraction of sp³-hybridized carbons (Fsp3) is 0. The molecule has 0 aliphatic rings. The molecule has 0 radical (unpaired) electrons. The average molecular weight is 286 g/mol. The van der Waals surface area contributed by atoms with Crippen LogP contribution in [0.15, 0.2) is 79.4 Å². The van der Waals surface area contributed by atoms with Crippen LogP contribution in [0.4, 0.5) is 11.5 Å². The molecule has 0 amide bonds. The van der Waals surface area contributed by atoms with Crippen LogP contribution in [0, 0.1) is 0 Å². The fourth-order valence-electron chi connectivity index (χ4n) is 2.49. The number of aromatic nitrogens is 3. The zero-order valence-electron chi connectivity index (χ0n) is 11.8. The van der Waals surface area contributed by atoms with Gasteiger partial charge in [-0.1, -0.05) is 48.5 Å². The molecule has 1 N–H and O–H groups in total. The maximum Gasteiger partial charge on any atom is 0.156 e. The SMILES string of the molecule is c1ccc(Nc2ncc(-c3ccccc3)n3cncc23)cc1. The van der Waals surface area contributed by atoms with Gasteiger partial charge in [0.1, 0.15) is 5.52 Å². The second kappa shape index (κ2) is 5.33. The number of hydrogen-bond donors (Lipinski definition) is 1. The Kier molecular flexibility index (Phi) is 3.05. The van der Waals surface area contributed by atoms with Gasteiger partial charge in [-0.3, -0.25) is 4.40 Å². The molecular formula is C18H14N4. The first-order valence-corrected chi connectivity index (χ1v) is 7.10. The lowest BCUT2D eigenvalue weighted by molar-refractivity contribution is 1.12. The Morgan fingerprint density at radius 3 is 2.32 bits per heavy atom. The van der Waals surface area contributed by atoms with Crippen LogP contribution >= 0.6 is 0 Å². The van der Waals surface area contributed by atoms with Crippen LogP contribution in [-0.2, 0) is 0 Å². The molecule has 4 rings (SSSR count). The van der Waals surface area contributed by atoms with Gasteiger partial charge in [0.15, 0.2) is 5.82 Å². The van der Waals surface area contributed by atoms with E-state index in [0.717, 1.165) is 28.3 Å². The highest BCUT2D eigenvalue weighted by Gasteiger charge is 2.09. The summed E-state index contributed by atoms with van der Waals surface area (Å²) in [4.78, 5) is 8.85. The Morgan fingerprint density at radius 2 is 1.55 bits per heavy atom. The maximum absolute atomic E-state index is 4.58. The minimum Gasteiger partial charge on any atom is -0.338 e. The van der Waals surface area contributed by atoms with E-state index in [1.807, 2.05) is 71.7 Å². The van der Waals surface area contributed by atoms with E-state index in [0.29, 0.717) is 0 Å². The van der Waals surface area contributed by atoms with Gasteiger partial charge in [0.05, 0.1) is 24.4 Å². The average Bonchev–Trinajstić information content (AvgIpc) is 3.07. The summed E-state index contributed by atoms with van der Waals surface area (Å²) >= 11 is 0. The number of imidazole rings is 1. The van der Waals surface area contributed by atoms with E-state index in [1.165, 1.54) is 0 Å². The lowest BCUT2D eigenvalue weighted by Gasteiger charge is -2.10. The molecule has 2 heterocycles. The fourth-order valence-corrected chi connectivity index (χ4v) is 2.49. The molecule has 4 heteroatoms. The summed E-state index contributed by atoms with van der Waals surface area (Å²) < 4.78 is 2.05. The number of para-hydroxylation sites is 1. The molecule has 2 aromatic carbocycles. The Balaban J connectivity index is 1.82. The number of hydrogen-bond acceptors (Lipinski definition) is 3. The van der Waals surface area contributed by atoms with Crippen molar-refractivity contribution in [2.75, 3.05) is 5.32 Å². The third-order valence-corrected chi connectivity index (χ3v) is 3.56. The summed E-state index contributed by atoms with van der Waals surface area (Å²) in [5.41, 5.74) is 4.09. The molecule has 0 spiro atoms. The van der Waals surface area contributed by atoms with Crippen LogP contribution in [0.25, 0.3) is 16.8 Å². The minimum absolute atomic E-state index is 0.795. The summed E-state index contributed by atoms with van der Waals surface area (Å²) in [6.45, 7) is 0. The lowest BCUT2D eigenvalue weighted by atomic mass is 10.1. The van der Waals surface area contributed by atoms with Gasteiger partial charge in [-0.2, -0.15) is 0 Å². The van der Waals surface area contributed by atoms with Crippen molar-refractivity contribution in [2.24, 2.45) is 0 Å². The van der Waals surface area contributed by atoms with Crippen molar-refractivity contribution < 1.29 is 0 Å². The molecular weight excluding hydrogens is 272 g/mol.